The Bertz CT molecular complexity index is 843. The molecule has 0 fully saturated rings. The first-order valence-corrected chi connectivity index (χ1v) is 8.08. The van der Waals surface area contributed by atoms with Gasteiger partial charge in [-0.1, -0.05) is 24.3 Å². The maximum absolute atomic E-state index is 11.9. The zero-order valence-corrected chi connectivity index (χ0v) is 14.5. The second-order valence-electron chi connectivity index (χ2n) is 5.55. The van der Waals surface area contributed by atoms with Gasteiger partial charge in [-0.3, -0.25) is 19.8 Å². The third-order valence-corrected chi connectivity index (χ3v) is 3.54. The third-order valence-electron chi connectivity index (χ3n) is 3.54. The van der Waals surface area contributed by atoms with Crippen molar-refractivity contribution in [3.63, 3.8) is 0 Å². The Balaban J connectivity index is 0.00000420. The molecule has 2 rings (SSSR count). The average Bonchev–Trinajstić information content (AvgIpc) is 2.72. The zero-order valence-electron chi connectivity index (χ0n) is 14.5. The average molecular weight is 405 g/mol. The number of hydrogen-bond donors (Lipinski definition) is 1. The van der Waals surface area contributed by atoms with Gasteiger partial charge < -0.3 is 9.47 Å². The van der Waals surface area contributed by atoms with Crippen LogP contribution in [0, 0.1) is 5.41 Å². The minimum absolute atomic E-state index is 0. The second-order valence-corrected chi connectivity index (χ2v) is 5.55. The number of esters is 3. The van der Waals surface area contributed by atoms with Crippen LogP contribution in [0.3, 0.4) is 0 Å². The SMILES string of the molecule is N=C(CCC(=O)OC(=O)c1ccc(C=O)cc1)OC(=O)c1ccc(C=O)cc1.[NaH]. The Kier molecular flexibility index (Phi) is 9.81. The fourth-order valence-corrected chi connectivity index (χ4v) is 2.05. The molecule has 0 unspecified atom stereocenters. The summed E-state index contributed by atoms with van der Waals surface area (Å²) in [5, 5.41) is 7.61. The van der Waals surface area contributed by atoms with Crippen molar-refractivity contribution in [2.24, 2.45) is 0 Å². The first-order chi connectivity index (χ1) is 13.4. The van der Waals surface area contributed by atoms with Crippen molar-refractivity contribution in [1.29, 1.82) is 5.41 Å². The summed E-state index contributed by atoms with van der Waals surface area (Å²) in [5.41, 5.74) is 1.00. The van der Waals surface area contributed by atoms with Crippen LogP contribution in [0.2, 0.25) is 0 Å². The zero-order chi connectivity index (χ0) is 20.5. The molecule has 0 saturated carbocycles. The summed E-state index contributed by atoms with van der Waals surface area (Å²) in [7, 11) is 0. The van der Waals surface area contributed by atoms with Gasteiger partial charge in [0.1, 0.15) is 12.6 Å². The fraction of sp³-hybridized carbons (Fsp3) is 0.100. The van der Waals surface area contributed by atoms with Crippen molar-refractivity contribution in [3.05, 3.63) is 70.8 Å². The van der Waals surface area contributed by atoms with Gasteiger partial charge in [0.05, 0.1) is 17.5 Å². The van der Waals surface area contributed by atoms with E-state index in [2.05, 4.69) is 4.74 Å². The molecule has 0 radical (unpaired) electrons. The molecule has 2 aromatic rings. The molecule has 0 aliphatic heterocycles. The number of benzene rings is 2. The first kappa shape index (κ1) is 24.1. The number of nitrogens with one attached hydrogen (secondary N) is 1. The van der Waals surface area contributed by atoms with Crippen LogP contribution in [0.15, 0.2) is 48.5 Å². The van der Waals surface area contributed by atoms with E-state index in [9.17, 15) is 24.0 Å². The van der Waals surface area contributed by atoms with E-state index < -0.39 is 23.8 Å². The van der Waals surface area contributed by atoms with E-state index in [-0.39, 0.29) is 53.5 Å². The quantitative estimate of drug-likeness (QED) is 0.186. The molecule has 0 bridgehead atoms. The summed E-state index contributed by atoms with van der Waals surface area (Å²) >= 11 is 0. The second kappa shape index (κ2) is 11.8. The number of carbonyl (C=O) groups is 5. The molecule has 29 heavy (non-hydrogen) atoms. The van der Waals surface area contributed by atoms with Gasteiger partial charge in [0, 0.05) is 17.5 Å². The van der Waals surface area contributed by atoms with Gasteiger partial charge in [-0.05, 0) is 24.3 Å². The van der Waals surface area contributed by atoms with Crippen LogP contribution in [0.5, 0.6) is 0 Å². The van der Waals surface area contributed by atoms with Crippen molar-refractivity contribution >= 4 is 65.9 Å². The maximum atomic E-state index is 11.9. The molecule has 0 aliphatic carbocycles. The number of carbonyl (C=O) groups excluding carboxylic acids is 5. The Morgan fingerprint density at radius 3 is 1.55 bits per heavy atom. The van der Waals surface area contributed by atoms with E-state index in [0.29, 0.717) is 23.7 Å². The van der Waals surface area contributed by atoms with Crippen LogP contribution in [-0.2, 0) is 14.3 Å². The van der Waals surface area contributed by atoms with Crippen LogP contribution in [0.4, 0.5) is 0 Å². The molecule has 0 aromatic heterocycles. The van der Waals surface area contributed by atoms with Gasteiger partial charge in [0.15, 0.2) is 5.90 Å². The Hall–Kier alpha value is -2.94. The summed E-state index contributed by atoms with van der Waals surface area (Å²) < 4.78 is 9.44. The number of rotatable bonds is 7. The van der Waals surface area contributed by atoms with Gasteiger partial charge in [-0.15, -0.1) is 0 Å². The van der Waals surface area contributed by atoms with E-state index in [1.165, 1.54) is 48.5 Å². The summed E-state index contributed by atoms with van der Waals surface area (Å²) in [6, 6.07) is 11.1. The minimum atomic E-state index is -0.888. The molecule has 0 aliphatic rings. The molecule has 0 atom stereocenters. The van der Waals surface area contributed by atoms with E-state index in [0.717, 1.165) is 0 Å². The van der Waals surface area contributed by atoms with E-state index >= 15 is 0 Å². The monoisotopic (exact) mass is 405 g/mol. The van der Waals surface area contributed by atoms with Crippen LogP contribution < -0.4 is 0 Å². The molecular formula is C20H16NNaO7. The molecule has 0 spiro atoms. The first-order valence-electron chi connectivity index (χ1n) is 8.08. The third kappa shape index (κ3) is 7.53. The van der Waals surface area contributed by atoms with Gasteiger partial charge in [-0.2, -0.15) is 0 Å². The molecule has 2 aromatic carbocycles. The van der Waals surface area contributed by atoms with E-state index in [4.69, 9.17) is 10.1 Å². The summed E-state index contributed by atoms with van der Waals surface area (Å²) in [6.45, 7) is 0. The molecule has 0 amide bonds. The normalized spacial score (nSPS) is 9.52. The molecule has 8 nitrogen and oxygen atoms in total. The number of ether oxygens (including phenoxy) is 2. The summed E-state index contributed by atoms with van der Waals surface area (Å²) in [4.78, 5) is 56.5. The molecule has 0 heterocycles. The van der Waals surface area contributed by atoms with Gasteiger partial charge >= 0.3 is 47.5 Å². The topological polar surface area (TPSA) is 128 Å². The van der Waals surface area contributed by atoms with Gasteiger partial charge in [0.2, 0.25) is 0 Å². The van der Waals surface area contributed by atoms with Crippen LogP contribution >= 0.6 is 0 Å². The standard InChI is InChI=1S/C20H15NO7.Na.H/c21-17(27-19(25)15-5-1-13(11-22)2-6-15)9-10-18(24)28-20(26)16-7-3-14(12-23)4-8-16;;/h1-8,11-12,21H,9-10H2;;. The molecule has 9 heteroatoms. The van der Waals surface area contributed by atoms with Gasteiger partial charge in [-0.25, -0.2) is 9.59 Å². The molecule has 0 saturated heterocycles. The predicted octanol–water partition coefficient (Wildman–Crippen LogP) is 1.96. The number of hydrogen-bond acceptors (Lipinski definition) is 8. The molecule has 1 N–H and O–H groups in total. The van der Waals surface area contributed by atoms with E-state index in [1.54, 1.807) is 0 Å². The number of aldehydes is 2. The molecular weight excluding hydrogens is 389 g/mol. The van der Waals surface area contributed by atoms with Crippen molar-refractivity contribution in [3.8, 4) is 0 Å². The van der Waals surface area contributed by atoms with Crippen molar-refractivity contribution in [2.75, 3.05) is 0 Å². The van der Waals surface area contributed by atoms with Crippen LogP contribution in [0.25, 0.3) is 0 Å². The fourth-order valence-electron chi connectivity index (χ4n) is 2.05. The van der Waals surface area contributed by atoms with Crippen LogP contribution in [-0.4, -0.2) is 65.9 Å². The Morgan fingerprint density at radius 1 is 0.724 bits per heavy atom. The van der Waals surface area contributed by atoms with Crippen LogP contribution in [0.1, 0.15) is 54.3 Å². The van der Waals surface area contributed by atoms with E-state index in [1.807, 2.05) is 0 Å². The summed E-state index contributed by atoms with van der Waals surface area (Å²) in [6.07, 6.45) is 0.660. The Morgan fingerprint density at radius 2 is 1.14 bits per heavy atom. The van der Waals surface area contributed by atoms with Crippen molar-refractivity contribution in [1.82, 2.24) is 0 Å². The Labute approximate surface area is 188 Å². The van der Waals surface area contributed by atoms with Gasteiger partial charge in [0.25, 0.3) is 0 Å². The van der Waals surface area contributed by atoms with Crippen molar-refractivity contribution < 1.29 is 33.4 Å². The predicted molar refractivity (Wildman–Crippen MR) is 104 cm³/mol. The summed E-state index contributed by atoms with van der Waals surface area (Å²) in [5.74, 6) is -3.05. The molecule has 144 valence electrons. The van der Waals surface area contributed by atoms with Crippen molar-refractivity contribution in [2.45, 2.75) is 12.8 Å².